The maximum Gasteiger partial charge on any atom is 0.181 e. The van der Waals surface area contributed by atoms with E-state index in [-0.39, 0.29) is 5.82 Å². The van der Waals surface area contributed by atoms with E-state index in [4.69, 9.17) is 0 Å². The van der Waals surface area contributed by atoms with Gasteiger partial charge in [-0.1, -0.05) is 12.1 Å². The van der Waals surface area contributed by atoms with E-state index in [1.165, 1.54) is 12.1 Å². The number of aryl methyl sites for hydroxylation is 1. The Hall–Kier alpha value is -4.33. The van der Waals surface area contributed by atoms with Crippen LogP contribution in [0.3, 0.4) is 0 Å². The van der Waals surface area contributed by atoms with Crippen LogP contribution in [0.2, 0.25) is 0 Å². The third-order valence-electron chi connectivity index (χ3n) is 5.90. The molecule has 5 aromatic heterocycles. The molecule has 0 amide bonds. The van der Waals surface area contributed by atoms with Crippen LogP contribution in [0.15, 0.2) is 61.2 Å². The van der Waals surface area contributed by atoms with Crippen LogP contribution in [-0.4, -0.2) is 34.7 Å². The highest BCUT2D eigenvalue weighted by atomic mass is 19.1. The van der Waals surface area contributed by atoms with E-state index in [2.05, 4.69) is 42.3 Å². The Morgan fingerprint density at radius 3 is 2.53 bits per heavy atom. The molecular weight excluding hydrogens is 405 g/mol. The average Bonchev–Trinajstić information content (AvgIpc) is 3.50. The number of hydrogen-bond acceptors (Lipinski definition) is 4. The minimum Gasteiger partial charge on any atom is -0.352 e. The Kier molecular flexibility index (Phi) is 3.94. The van der Waals surface area contributed by atoms with Crippen molar-refractivity contribution < 1.29 is 4.39 Å². The highest BCUT2D eigenvalue weighted by Crippen LogP contribution is 2.34. The molecule has 5 heterocycles. The van der Waals surface area contributed by atoms with Gasteiger partial charge in [-0.05, 0) is 36.8 Å². The summed E-state index contributed by atoms with van der Waals surface area (Å²) in [5, 5.41) is 9.40. The Morgan fingerprint density at radius 2 is 1.75 bits per heavy atom. The second-order valence-electron chi connectivity index (χ2n) is 7.78. The van der Waals surface area contributed by atoms with Crippen molar-refractivity contribution in [3.05, 3.63) is 72.8 Å². The van der Waals surface area contributed by atoms with E-state index in [9.17, 15) is 4.39 Å². The molecule has 0 fully saturated rings. The molecule has 1 aromatic carbocycles. The van der Waals surface area contributed by atoms with Crippen molar-refractivity contribution in [3.8, 4) is 33.8 Å². The fraction of sp³-hybridized carbons (Fsp3) is 0.0833. The van der Waals surface area contributed by atoms with E-state index in [0.29, 0.717) is 5.65 Å². The molecule has 0 aliphatic rings. The molecular formula is C24H18FN7. The van der Waals surface area contributed by atoms with Crippen LogP contribution in [0.5, 0.6) is 0 Å². The molecule has 0 atom stereocenters. The minimum atomic E-state index is -0.264. The first kappa shape index (κ1) is 18.4. The third-order valence-corrected chi connectivity index (χ3v) is 5.90. The summed E-state index contributed by atoms with van der Waals surface area (Å²) < 4.78 is 15.4. The van der Waals surface area contributed by atoms with Gasteiger partial charge in [0.05, 0.1) is 35.0 Å². The van der Waals surface area contributed by atoms with E-state index < -0.39 is 0 Å². The van der Waals surface area contributed by atoms with Crippen LogP contribution in [0.4, 0.5) is 4.39 Å². The van der Waals surface area contributed by atoms with Gasteiger partial charge in [0.1, 0.15) is 11.6 Å². The van der Waals surface area contributed by atoms with Crippen LogP contribution >= 0.6 is 0 Å². The van der Waals surface area contributed by atoms with E-state index in [1.807, 2.05) is 30.9 Å². The number of rotatable bonds is 3. The number of nitrogens with zero attached hydrogens (tertiary/aromatic N) is 5. The van der Waals surface area contributed by atoms with Crippen molar-refractivity contribution in [2.75, 3.05) is 0 Å². The van der Waals surface area contributed by atoms with Gasteiger partial charge in [-0.25, -0.2) is 14.4 Å². The molecule has 0 spiro atoms. The minimum absolute atomic E-state index is 0.264. The topological polar surface area (TPSA) is 88.1 Å². The zero-order valence-electron chi connectivity index (χ0n) is 17.4. The Labute approximate surface area is 182 Å². The van der Waals surface area contributed by atoms with Crippen LogP contribution in [-0.2, 0) is 7.05 Å². The molecule has 8 heteroatoms. The van der Waals surface area contributed by atoms with Crippen LogP contribution in [0.1, 0.15) is 5.82 Å². The number of imidazole rings is 1. The molecule has 0 unspecified atom stereocenters. The molecule has 0 saturated carbocycles. The van der Waals surface area contributed by atoms with Crippen molar-refractivity contribution in [1.29, 1.82) is 0 Å². The summed E-state index contributed by atoms with van der Waals surface area (Å²) in [6, 6.07) is 10.6. The Balaban J connectivity index is 1.51. The number of aromatic amines is 2. The van der Waals surface area contributed by atoms with Gasteiger partial charge in [0.25, 0.3) is 0 Å². The summed E-state index contributed by atoms with van der Waals surface area (Å²) in [7, 11) is 1.99. The van der Waals surface area contributed by atoms with E-state index in [1.54, 1.807) is 24.5 Å². The lowest BCUT2D eigenvalue weighted by molar-refractivity contribution is 0.628. The van der Waals surface area contributed by atoms with Crippen molar-refractivity contribution in [2.24, 2.45) is 7.05 Å². The largest absolute Gasteiger partial charge is 0.352 e. The first-order valence-electron chi connectivity index (χ1n) is 10.1. The maximum atomic E-state index is 13.4. The summed E-state index contributed by atoms with van der Waals surface area (Å²) in [4.78, 5) is 16.7. The number of hydrogen-bond donors (Lipinski definition) is 2. The number of halogens is 1. The van der Waals surface area contributed by atoms with Gasteiger partial charge in [-0.2, -0.15) is 5.10 Å². The number of pyridine rings is 2. The lowest BCUT2D eigenvalue weighted by atomic mass is 10.0. The van der Waals surface area contributed by atoms with Crippen LogP contribution in [0, 0.1) is 12.7 Å². The van der Waals surface area contributed by atoms with E-state index >= 15 is 0 Å². The zero-order chi connectivity index (χ0) is 21.8. The summed E-state index contributed by atoms with van der Waals surface area (Å²) in [6.07, 6.45) is 7.24. The predicted octanol–water partition coefficient (Wildman–Crippen LogP) is 5.02. The molecule has 6 rings (SSSR count). The Morgan fingerprint density at radius 1 is 0.906 bits per heavy atom. The molecule has 0 aliphatic heterocycles. The SMILES string of the molecule is Cc1ncc(-c2cnc3n[nH]c(-c4cc5c(-c6ccc(F)cc6)cncc5[nH]4)c3c2)n1C. The molecule has 2 N–H and O–H groups in total. The molecule has 32 heavy (non-hydrogen) atoms. The molecule has 0 radical (unpaired) electrons. The molecule has 6 aromatic rings. The van der Waals surface area contributed by atoms with Gasteiger partial charge in [-0.3, -0.25) is 10.1 Å². The molecule has 0 saturated heterocycles. The van der Waals surface area contributed by atoms with Crippen molar-refractivity contribution in [1.82, 2.24) is 34.7 Å². The van der Waals surface area contributed by atoms with Crippen molar-refractivity contribution in [2.45, 2.75) is 6.92 Å². The van der Waals surface area contributed by atoms with E-state index in [0.717, 1.165) is 55.9 Å². The first-order valence-corrected chi connectivity index (χ1v) is 10.1. The fourth-order valence-corrected chi connectivity index (χ4v) is 4.06. The standard InChI is InChI=1S/C24H18FN7/c1-13-27-12-22(32(13)2)15-7-18-23(30-31-24(18)28-9-15)20-8-17-19(10-26-11-21(17)29-20)14-3-5-16(25)6-4-14/h3-12,29H,1-2H3,(H,28,30,31). The Bertz CT molecular complexity index is 1610. The molecule has 156 valence electrons. The summed E-state index contributed by atoms with van der Waals surface area (Å²) in [5.74, 6) is 0.670. The number of aromatic nitrogens is 7. The number of nitrogens with one attached hydrogen (secondary N) is 2. The van der Waals surface area contributed by atoms with Gasteiger partial charge in [0, 0.05) is 41.3 Å². The number of fused-ring (bicyclic) bond motifs is 2. The number of benzene rings is 1. The lowest BCUT2D eigenvalue weighted by Gasteiger charge is -2.04. The monoisotopic (exact) mass is 423 g/mol. The highest BCUT2D eigenvalue weighted by Gasteiger charge is 2.16. The molecule has 7 nitrogen and oxygen atoms in total. The summed E-state index contributed by atoms with van der Waals surface area (Å²) in [6.45, 7) is 1.97. The normalized spacial score (nSPS) is 11.6. The second-order valence-corrected chi connectivity index (χ2v) is 7.78. The maximum absolute atomic E-state index is 13.4. The zero-order valence-corrected chi connectivity index (χ0v) is 17.4. The predicted molar refractivity (Wildman–Crippen MR) is 121 cm³/mol. The van der Waals surface area contributed by atoms with Crippen molar-refractivity contribution in [3.63, 3.8) is 0 Å². The summed E-state index contributed by atoms with van der Waals surface area (Å²) in [5.41, 5.74) is 7.03. The quantitative estimate of drug-likeness (QED) is 0.419. The van der Waals surface area contributed by atoms with Gasteiger partial charge in [-0.15, -0.1) is 0 Å². The van der Waals surface area contributed by atoms with Gasteiger partial charge in [0.15, 0.2) is 5.65 Å². The van der Waals surface area contributed by atoms with Crippen LogP contribution in [0.25, 0.3) is 55.7 Å². The van der Waals surface area contributed by atoms with Gasteiger partial charge >= 0.3 is 0 Å². The number of H-pyrrole nitrogens is 2. The van der Waals surface area contributed by atoms with Crippen LogP contribution < -0.4 is 0 Å². The molecule has 0 bridgehead atoms. The van der Waals surface area contributed by atoms with Gasteiger partial charge in [0.2, 0.25) is 0 Å². The lowest BCUT2D eigenvalue weighted by Crippen LogP contribution is -1.94. The highest BCUT2D eigenvalue weighted by molar-refractivity contribution is 6.00. The average molecular weight is 423 g/mol. The fourth-order valence-electron chi connectivity index (χ4n) is 4.06. The van der Waals surface area contributed by atoms with Crippen molar-refractivity contribution >= 4 is 21.9 Å². The first-order chi connectivity index (χ1) is 15.6. The molecule has 0 aliphatic carbocycles. The van der Waals surface area contributed by atoms with Gasteiger partial charge < -0.3 is 9.55 Å². The second kappa shape index (κ2) is 6.84. The summed E-state index contributed by atoms with van der Waals surface area (Å²) >= 11 is 0. The smallest absolute Gasteiger partial charge is 0.181 e. The third kappa shape index (κ3) is 2.80.